The zero-order valence-corrected chi connectivity index (χ0v) is 18.2. The molecule has 0 amide bonds. The van der Waals surface area contributed by atoms with Gasteiger partial charge in [0.25, 0.3) is 0 Å². The lowest BCUT2D eigenvalue weighted by Gasteiger charge is -2.20. The smallest absolute Gasteiger partial charge is 0.420 e. The summed E-state index contributed by atoms with van der Waals surface area (Å²) in [7, 11) is -3.72. The van der Waals surface area contributed by atoms with E-state index in [2.05, 4.69) is 15.0 Å². The third kappa shape index (κ3) is 4.33. The zero-order chi connectivity index (χ0) is 22.4. The Hall–Kier alpha value is -3.53. The van der Waals surface area contributed by atoms with Crippen LogP contribution >= 0.6 is 0 Å². The highest BCUT2D eigenvalue weighted by Crippen LogP contribution is 2.31. The first kappa shape index (κ1) is 20.7. The van der Waals surface area contributed by atoms with Gasteiger partial charge < -0.3 is 8.92 Å². The maximum atomic E-state index is 13.0. The molecule has 4 rings (SSSR count). The van der Waals surface area contributed by atoms with Crippen LogP contribution in [0, 0.1) is 0 Å². The molecule has 4 aromatic rings. The van der Waals surface area contributed by atoms with E-state index in [1.54, 1.807) is 51.4 Å². The Morgan fingerprint density at radius 2 is 1.84 bits per heavy atom. The molecule has 31 heavy (non-hydrogen) atoms. The molecule has 0 unspecified atom stereocenters. The average Bonchev–Trinajstić information content (AvgIpc) is 2.99. The van der Waals surface area contributed by atoms with Gasteiger partial charge in [0.05, 0.1) is 17.5 Å². The van der Waals surface area contributed by atoms with Gasteiger partial charge in [-0.1, -0.05) is 0 Å². The van der Waals surface area contributed by atoms with Crippen LogP contribution in [-0.2, 0) is 14.9 Å². The van der Waals surface area contributed by atoms with Gasteiger partial charge in [0.15, 0.2) is 5.65 Å². The highest BCUT2D eigenvalue weighted by atomic mass is 32.2. The monoisotopic (exact) mass is 440 g/mol. The first-order chi connectivity index (χ1) is 14.5. The topological polar surface area (TPSA) is 113 Å². The minimum atomic E-state index is -3.72. The highest BCUT2D eigenvalue weighted by molar-refractivity contribution is 7.86. The van der Waals surface area contributed by atoms with Gasteiger partial charge in [-0.2, -0.15) is 8.42 Å². The fourth-order valence-corrected chi connectivity index (χ4v) is 3.56. The van der Waals surface area contributed by atoms with E-state index >= 15 is 0 Å². The highest BCUT2D eigenvalue weighted by Gasteiger charge is 2.23. The summed E-state index contributed by atoms with van der Waals surface area (Å²) in [6.07, 6.45) is 5.08. The predicted octanol–water partition coefficient (Wildman–Crippen LogP) is 3.77. The molecule has 0 fully saturated rings. The van der Waals surface area contributed by atoms with E-state index in [1.807, 2.05) is 6.07 Å². The molecular formula is C21H20N4O5S. The second kappa shape index (κ2) is 7.31. The standard InChI is InChI=1S/C21H20N4O5S/c1-21(2,3)29-20(26)25-17-8-9-22-12-15(17)14-5-6-16(24-19(14)25)13-7-10-23-18(11-13)30-31(4,27)28/h5-12H,1-4H3. The molecule has 4 heterocycles. The Labute approximate surface area is 178 Å². The van der Waals surface area contributed by atoms with E-state index in [-0.39, 0.29) is 5.88 Å². The Kier molecular flexibility index (Phi) is 4.89. The van der Waals surface area contributed by atoms with Gasteiger partial charge in [0.2, 0.25) is 5.88 Å². The number of pyridine rings is 3. The average molecular weight is 440 g/mol. The number of ether oxygens (including phenoxy) is 1. The third-order valence-corrected chi connectivity index (χ3v) is 4.73. The molecular weight excluding hydrogens is 420 g/mol. The second-order valence-corrected chi connectivity index (χ2v) is 9.52. The minimum absolute atomic E-state index is 0.0706. The van der Waals surface area contributed by atoms with Crippen molar-refractivity contribution in [3.63, 3.8) is 0 Å². The van der Waals surface area contributed by atoms with Crippen molar-refractivity contribution in [3.05, 3.63) is 48.9 Å². The largest absolute Gasteiger partial charge is 0.443 e. The molecule has 0 spiro atoms. The predicted molar refractivity (Wildman–Crippen MR) is 115 cm³/mol. The van der Waals surface area contributed by atoms with Crippen LogP contribution in [0.2, 0.25) is 0 Å². The number of aromatic nitrogens is 4. The first-order valence-corrected chi connectivity index (χ1v) is 11.2. The Morgan fingerprint density at radius 1 is 1.06 bits per heavy atom. The van der Waals surface area contributed by atoms with Crippen LogP contribution in [0.4, 0.5) is 4.79 Å². The molecule has 0 radical (unpaired) electrons. The summed E-state index contributed by atoms with van der Waals surface area (Å²) in [5.41, 5.74) is 1.42. The lowest BCUT2D eigenvalue weighted by atomic mass is 10.1. The van der Waals surface area contributed by atoms with Crippen LogP contribution in [0.3, 0.4) is 0 Å². The van der Waals surface area contributed by atoms with Gasteiger partial charge in [-0.25, -0.2) is 19.3 Å². The van der Waals surface area contributed by atoms with Crippen LogP contribution in [0.1, 0.15) is 20.8 Å². The van der Waals surface area contributed by atoms with Crippen molar-refractivity contribution in [1.29, 1.82) is 0 Å². The van der Waals surface area contributed by atoms with Crippen molar-refractivity contribution < 1.29 is 22.1 Å². The fraction of sp³-hybridized carbons (Fsp3) is 0.238. The van der Waals surface area contributed by atoms with E-state index < -0.39 is 21.8 Å². The Balaban J connectivity index is 1.90. The molecule has 4 aromatic heterocycles. The molecule has 0 atom stereocenters. The molecule has 9 nitrogen and oxygen atoms in total. The molecule has 0 aliphatic carbocycles. The van der Waals surface area contributed by atoms with Crippen molar-refractivity contribution in [2.45, 2.75) is 26.4 Å². The van der Waals surface area contributed by atoms with Gasteiger partial charge in [-0.3, -0.25) is 4.98 Å². The van der Waals surface area contributed by atoms with Gasteiger partial charge >= 0.3 is 16.2 Å². The van der Waals surface area contributed by atoms with Crippen molar-refractivity contribution in [1.82, 2.24) is 19.5 Å². The summed E-state index contributed by atoms with van der Waals surface area (Å²) >= 11 is 0. The Morgan fingerprint density at radius 3 is 2.55 bits per heavy atom. The molecule has 0 saturated carbocycles. The lowest BCUT2D eigenvalue weighted by molar-refractivity contribution is 0.0550. The van der Waals surface area contributed by atoms with Crippen LogP contribution in [0.5, 0.6) is 5.88 Å². The molecule has 0 bridgehead atoms. The van der Waals surface area contributed by atoms with Crippen LogP contribution in [0.15, 0.2) is 48.9 Å². The number of hydrogen-bond donors (Lipinski definition) is 0. The molecule has 0 aromatic carbocycles. The summed E-state index contributed by atoms with van der Waals surface area (Å²) < 4.78 is 34.7. The maximum absolute atomic E-state index is 13.0. The number of hydrogen-bond acceptors (Lipinski definition) is 8. The van der Waals surface area contributed by atoms with Crippen LogP contribution < -0.4 is 4.18 Å². The minimum Gasteiger partial charge on any atom is -0.443 e. The third-order valence-electron chi connectivity index (χ3n) is 4.26. The fourth-order valence-electron chi connectivity index (χ4n) is 3.16. The quantitative estimate of drug-likeness (QED) is 0.442. The summed E-state index contributed by atoms with van der Waals surface area (Å²) in [6, 6.07) is 8.47. The van der Waals surface area contributed by atoms with E-state index in [9.17, 15) is 13.2 Å². The van der Waals surface area contributed by atoms with E-state index in [1.165, 1.54) is 16.8 Å². The Bertz CT molecular complexity index is 1420. The van der Waals surface area contributed by atoms with Crippen molar-refractivity contribution in [3.8, 4) is 17.1 Å². The van der Waals surface area contributed by atoms with Gasteiger partial charge in [-0.15, -0.1) is 0 Å². The summed E-state index contributed by atoms with van der Waals surface area (Å²) in [5, 5.41) is 1.50. The number of carbonyl (C=O) groups is 1. The van der Waals surface area contributed by atoms with Gasteiger partial charge in [-0.05, 0) is 45.0 Å². The van der Waals surface area contributed by atoms with Crippen molar-refractivity contribution in [2.24, 2.45) is 0 Å². The van der Waals surface area contributed by atoms with Crippen molar-refractivity contribution in [2.75, 3.05) is 6.26 Å². The van der Waals surface area contributed by atoms with E-state index in [0.717, 1.165) is 17.0 Å². The lowest BCUT2D eigenvalue weighted by Crippen LogP contribution is -2.27. The van der Waals surface area contributed by atoms with Crippen molar-refractivity contribution >= 4 is 38.1 Å². The molecule has 0 saturated heterocycles. The maximum Gasteiger partial charge on any atom is 0.420 e. The summed E-state index contributed by atoms with van der Waals surface area (Å²) in [6.45, 7) is 5.37. The van der Waals surface area contributed by atoms with Gasteiger partial charge in [0, 0.05) is 41.0 Å². The summed E-state index contributed by atoms with van der Waals surface area (Å²) in [4.78, 5) is 25.7. The van der Waals surface area contributed by atoms with Gasteiger partial charge in [0.1, 0.15) is 5.60 Å². The van der Waals surface area contributed by atoms with Crippen LogP contribution in [-0.4, -0.2) is 45.9 Å². The second-order valence-electron chi connectivity index (χ2n) is 7.95. The summed E-state index contributed by atoms with van der Waals surface area (Å²) in [5.74, 6) is -0.0706. The first-order valence-electron chi connectivity index (χ1n) is 9.36. The molecule has 160 valence electrons. The number of rotatable bonds is 3. The molecule has 0 N–H and O–H groups in total. The number of nitrogens with zero attached hydrogens (tertiary/aromatic N) is 4. The van der Waals surface area contributed by atoms with Crippen LogP contribution in [0.25, 0.3) is 33.2 Å². The van der Waals surface area contributed by atoms with E-state index in [0.29, 0.717) is 22.4 Å². The normalized spacial score (nSPS) is 12.3. The number of fused-ring (bicyclic) bond motifs is 3. The van der Waals surface area contributed by atoms with E-state index in [4.69, 9.17) is 8.92 Å². The molecule has 10 heteroatoms. The molecule has 0 aliphatic rings. The molecule has 0 aliphatic heterocycles. The zero-order valence-electron chi connectivity index (χ0n) is 17.4. The SMILES string of the molecule is CC(C)(C)OC(=O)n1c2ccncc2c2ccc(-c3ccnc(OS(C)(=O)=O)c3)nc21. The number of carbonyl (C=O) groups excluding carboxylic acids is 1.